The Bertz CT molecular complexity index is 531. The van der Waals surface area contributed by atoms with Gasteiger partial charge < -0.3 is 5.32 Å². The molecule has 17 heavy (non-hydrogen) atoms. The Morgan fingerprint density at radius 2 is 2.35 bits per heavy atom. The Balaban J connectivity index is 2.38. The third-order valence-corrected chi connectivity index (χ3v) is 3.63. The number of hydrogen-bond acceptors (Lipinski definition) is 8. The van der Waals surface area contributed by atoms with Gasteiger partial charge in [-0.1, -0.05) is 0 Å². The van der Waals surface area contributed by atoms with E-state index in [4.69, 9.17) is 0 Å². The summed E-state index contributed by atoms with van der Waals surface area (Å²) in [4.78, 5) is 22.2. The Morgan fingerprint density at radius 1 is 1.53 bits per heavy atom. The molecule has 2 aromatic heterocycles. The number of thiazole rings is 1. The van der Waals surface area contributed by atoms with Gasteiger partial charge in [-0.3, -0.25) is 10.1 Å². The third kappa shape index (κ3) is 2.68. The Hall–Kier alpha value is -1.74. The van der Waals surface area contributed by atoms with Gasteiger partial charge in [-0.05, 0) is 11.8 Å². The lowest BCUT2D eigenvalue weighted by atomic mass is 10.5. The predicted octanol–water partition coefficient (Wildman–Crippen LogP) is 2.03. The molecule has 0 aliphatic carbocycles. The molecule has 7 nitrogen and oxygen atoms in total. The first-order valence-corrected chi connectivity index (χ1v) is 6.17. The standard InChI is InChI=1S/C8H7N5O2S2/c1-9-7-11-4-5(13(14)15)6(12-7)17-8-10-2-3-16-8/h2-4H,1H3,(H,9,11,12). The van der Waals surface area contributed by atoms with Crippen molar-refractivity contribution >= 4 is 34.7 Å². The molecule has 0 radical (unpaired) electrons. The van der Waals surface area contributed by atoms with Crippen LogP contribution in [-0.4, -0.2) is 26.9 Å². The van der Waals surface area contributed by atoms with E-state index in [1.165, 1.54) is 17.5 Å². The fourth-order valence-electron chi connectivity index (χ4n) is 1.02. The van der Waals surface area contributed by atoms with Crippen LogP contribution in [0.15, 0.2) is 27.1 Å². The normalized spacial score (nSPS) is 10.2. The minimum absolute atomic E-state index is 0.121. The SMILES string of the molecule is CNc1ncc([N+](=O)[O-])c(Sc2nccs2)n1. The fraction of sp³-hybridized carbons (Fsp3) is 0.125. The Kier molecular flexibility index (Phi) is 3.49. The van der Waals surface area contributed by atoms with Crippen molar-refractivity contribution in [2.45, 2.75) is 9.37 Å². The van der Waals surface area contributed by atoms with Crippen molar-refractivity contribution in [3.63, 3.8) is 0 Å². The highest BCUT2D eigenvalue weighted by Crippen LogP contribution is 2.34. The van der Waals surface area contributed by atoms with Gasteiger partial charge in [-0.2, -0.15) is 4.98 Å². The van der Waals surface area contributed by atoms with Gasteiger partial charge in [0.2, 0.25) is 5.95 Å². The molecule has 0 atom stereocenters. The van der Waals surface area contributed by atoms with Crippen LogP contribution in [0.2, 0.25) is 0 Å². The average molecular weight is 269 g/mol. The summed E-state index contributed by atoms with van der Waals surface area (Å²) in [5, 5.41) is 15.6. The van der Waals surface area contributed by atoms with Gasteiger partial charge in [0, 0.05) is 18.6 Å². The van der Waals surface area contributed by atoms with Crippen molar-refractivity contribution in [1.82, 2.24) is 15.0 Å². The molecular weight excluding hydrogens is 262 g/mol. The van der Waals surface area contributed by atoms with Gasteiger partial charge >= 0.3 is 5.69 Å². The quantitative estimate of drug-likeness (QED) is 0.515. The molecule has 0 bridgehead atoms. The number of nitrogens with one attached hydrogen (secondary N) is 1. The van der Waals surface area contributed by atoms with E-state index in [0.29, 0.717) is 10.3 Å². The number of aromatic nitrogens is 3. The smallest absolute Gasteiger partial charge is 0.320 e. The number of hydrogen-bond donors (Lipinski definition) is 1. The molecule has 9 heteroatoms. The van der Waals surface area contributed by atoms with Crippen LogP contribution in [-0.2, 0) is 0 Å². The van der Waals surface area contributed by atoms with Crippen LogP contribution in [0.1, 0.15) is 0 Å². The summed E-state index contributed by atoms with van der Waals surface area (Å²) in [6.07, 6.45) is 2.83. The predicted molar refractivity (Wildman–Crippen MR) is 64.5 cm³/mol. The first kappa shape index (κ1) is 11.7. The summed E-state index contributed by atoms with van der Waals surface area (Å²) in [6, 6.07) is 0. The maximum atomic E-state index is 10.8. The lowest BCUT2D eigenvalue weighted by Gasteiger charge is -2.01. The number of nitro groups is 1. The second-order valence-electron chi connectivity index (χ2n) is 2.79. The van der Waals surface area contributed by atoms with E-state index in [9.17, 15) is 10.1 Å². The average Bonchev–Trinajstić information content (AvgIpc) is 2.81. The van der Waals surface area contributed by atoms with Crippen molar-refractivity contribution in [2.24, 2.45) is 0 Å². The highest BCUT2D eigenvalue weighted by atomic mass is 32.2. The van der Waals surface area contributed by atoms with E-state index in [-0.39, 0.29) is 10.7 Å². The van der Waals surface area contributed by atoms with Crippen LogP contribution in [0.3, 0.4) is 0 Å². The monoisotopic (exact) mass is 269 g/mol. The molecule has 0 amide bonds. The van der Waals surface area contributed by atoms with Gasteiger partial charge in [-0.25, -0.2) is 9.97 Å². The molecule has 1 N–H and O–H groups in total. The second-order valence-corrected chi connectivity index (χ2v) is 4.92. The molecule has 2 heterocycles. The van der Waals surface area contributed by atoms with E-state index >= 15 is 0 Å². The molecule has 0 aliphatic heterocycles. The minimum atomic E-state index is -0.505. The maximum Gasteiger partial charge on any atom is 0.320 e. The van der Waals surface area contributed by atoms with E-state index in [0.717, 1.165) is 11.8 Å². The molecule has 0 saturated heterocycles. The minimum Gasteiger partial charge on any atom is -0.357 e. The fourth-order valence-corrected chi connectivity index (χ4v) is 2.62. The van der Waals surface area contributed by atoms with Crippen molar-refractivity contribution in [3.05, 3.63) is 27.9 Å². The lowest BCUT2D eigenvalue weighted by molar-refractivity contribution is -0.388. The molecule has 0 unspecified atom stereocenters. The molecule has 0 saturated carbocycles. The van der Waals surface area contributed by atoms with Crippen molar-refractivity contribution in [3.8, 4) is 0 Å². The van der Waals surface area contributed by atoms with Crippen LogP contribution < -0.4 is 5.32 Å². The number of nitrogens with zero attached hydrogens (tertiary/aromatic N) is 4. The van der Waals surface area contributed by atoms with Gasteiger partial charge in [0.25, 0.3) is 0 Å². The summed E-state index contributed by atoms with van der Waals surface area (Å²) >= 11 is 2.55. The summed E-state index contributed by atoms with van der Waals surface area (Å²) < 4.78 is 0.703. The highest BCUT2D eigenvalue weighted by molar-refractivity contribution is 8.01. The van der Waals surface area contributed by atoms with Gasteiger partial charge in [-0.15, -0.1) is 11.3 Å². The van der Waals surface area contributed by atoms with E-state index in [1.54, 1.807) is 18.6 Å². The number of anilines is 1. The first-order valence-electron chi connectivity index (χ1n) is 4.47. The van der Waals surface area contributed by atoms with Crippen LogP contribution in [0.4, 0.5) is 11.6 Å². The maximum absolute atomic E-state index is 10.8. The number of rotatable bonds is 4. The topological polar surface area (TPSA) is 93.8 Å². The summed E-state index contributed by atoms with van der Waals surface area (Å²) in [6.45, 7) is 0. The molecule has 0 aromatic carbocycles. The van der Waals surface area contributed by atoms with Gasteiger partial charge in [0.15, 0.2) is 9.37 Å². The van der Waals surface area contributed by atoms with Crippen LogP contribution >= 0.6 is 23.1 Å². The summed E-state index contributed by atoms with van der Waals surface area (Å²) in [5.41, 5.74) is -0.121. The molecule has 0 spiro atoms. The summed E-state index contributed by atoms with van der Waals surface area (Å²) in [7, 11) is 1.65. The first-order chi connectivity index (χ1) is 8.20. The molecule has 88 valence electrons. The molecule has 2 rings (SSSR count). The molecule has 0 fully saturated rings. The third-order valence-electron chi connectivity index (χ3n) is 1.75. The summed E-state index contributed by atoms with van der Waals surface area (Å²) in [5.74, 6) is 0.342. The lowest BCUT2D eigenvalue weighted by Crippen LogP contribution is -2.00. The van der Waals surface area contributed by atoms with Crippen LogP contribution in [0.25, 0.3) is 0 Å². The van der Waals surface area contributed by atoms with E-state index in [2.05, 4.69) is 20.3 Å². The van der Waals surface area contributed by atoms with E-state index < -0.39 is 4.92 Å². The Morgan fingerprint density at radius 3 is 2.94 bits per heavy atom. The van der Waals surface area contributed by atoms with Crippen molar-refractivity contribution in [1.29, 1.82) is 0 Å². The second kappa shape index (κ2) is 5.06. The highest BCUT2D eigenvalue weighted by Gasteiger charge is 2.19. The van der Waals surface area contributed by atoms with Crippen LogP contribution in [0.5, 0.6) is 0 Å². The van der Waals surface area contributed by atoms with Gasteiger partial charge in [0.05, 0.1) is 4.92 Å². The Labute approximate surface area is 104 Å². The largest absolute Gasteiger partial charge is 0.357 e. The zero-order chi connectivity index (χ0) is 12.3. The van der Waals surface area contributed by atoms with Crippen LogP contribution in [0, 0.1) is 10.1 Å². The van der Waals surface area contributed by atoms with E-state index in [1.807, 2.05) is 0 Å². The van der Waals surface area contributed by atoms with Crippen molar-refractivity contribution in [2.75, 3.05) is 12.4 Å². The zero-order valence-corrected chi connectivity index (χ0v) is 10.3. The van der Waals surface area contributed by atoms with Crippen molar-refractivity contribution < 1.29 is 4.92 Å². The molecule has 0 aliphatic rings. The zero-order valence-electron chi connectivity index (χ0n) is 8.65. The molecular formula is C8H7N5O2S2. The van der Waals surface area contributed by atoms with Gasteiger partial charge in [0.1, 0.15) is 6.20 Å². The molecule has 2 aromatic rings.